The van der Waals surface area contributed by atoms with E-state index in [1.807, 2.05) is 19.0 Å². The first-order valence-corrected chi connectivity index (χ1v) is 7.19. The van der Waals surface area contributed by atoms with E-state index in [1.54, 1.807) is 0 Å². The zero-order chi connectivity index (χ0) is 14.0. The van der Waals surface area contributed by atoms with Gasteiger partial charge in [-0.1, -0.05) is 13.8 Å². The number of anilines is 2. The Morgan fingerprint density at radius 1 is 1.16 bits per heavy atom. The summed E-state index contributed by atoms with van der Waals surface area (Å²) in [4.78, 5) is 14.5. The minimum absolute atomic E-state index is 0.234. The highest BCUT2D eigenvalue weighted by atomic mass is 35.5. The van der Waals surface area contributed by atoms with Crippen LogP contribution in [0.3, 0.4) is 0 Å². The van der Waals surface area contributed by atoms with Gasteiger partial charge in [0.15, 0.2) is 0 Å². The molecular weight excluding hydrogens is 262 g/mol. The van der Waals surface area contributed by atoms with Crippen molar-refractivity contribution >= 4 is 23.5 Å². The van der Waals surface area contributed by atoms with E-state index in [9.17, 15) is 0 Å². The van der Waals surface area contributed by atoms with Crippen LogP contribution in [0.25, 0.3) is 0 Å². The largest absolute Gasteiger partial charge is 0.351 e. The van der Waals surface area contributed by atoms with Crippen LogP contribution in [0.1, 0.15) is 33.1 Å². The first-order chi connectivity index (χ1) is 8.95. The first kappa shape index (κ1) is 14.3. The van der Waals surface area contributed by atoms with Gasteiger partial charge < -0.3 is 10.2 Å². The van der Waals surface area contributed by atoms with Gasteiger partial charge in [0.1, 0.15) is 0 Å². The SMILES string of the molecule is CC1CCC(Nc2nc(Cl)nc(N(C)C)n2)C(C)C1. The van der Waals surface area contributed by atoms with Gasteiger partial charge >= 0.3 is 0 Å². The van der Waals surface area contributed by atoms with Crippen molar-refractivity contribution in [3.05, 3.63) is 5.28 Å². The molecule has 1 aliphatic rings. The summed E-state index contributed by atoms with van der Waals surface area (Å²) in [5, 5.41) is 3.65. The Morgan fingerprint density at radius 2 is 1.89 bits per heavy atom. The number of hydrogen-bond donors (Lipinski definition) is 1. The normalized spacial score (nSPS) is 27.1. The Bertz CT molecular complexity index is 437. The average molecular weight is 284 g/mol. The molecule has 106 valence electrons. The molecule has 3 atom stereocenters. The molecule has 0 aliphatic heterocycles. The van der Waals surface area contributed by atoms with E-state index in [-0.39, 0.29) is 5.28 Å². The number of aromatic nitrogens is 3. The minimum atomic E-state index is 0.234. The summed E-state index contributed by atoms with van der Waals surface area (Å²) in [5.41, 5.74) is 0. The molecule has 1 N–H and O–H groups in total. The molecule has 1 aromatic heterocycles. The second-order valence-corrected chi connectivity index (χ2v) is 6.11. The van der Waals surface area contributed by atoms with Gasteiger partial charge in [-0.05, 0) is 42.7 Å². The van der Waals surface area contributed by atoms with Crippen molar-refractivity contribution < 1.29 is 0 Å². The van der Waals surface area contributed by atoms with Gasteiger partial charge in [0.25, 0.3) is 0 Å². The molecule has 2 rings (SSSR count). The average Bonchev–Trinajstić information content (AvgIpc) is 2.32. The second-order valence-electron chi connectivity index (χ2n) is 5.77. The predicted molar refractivity (Wildman–Crippen MR) is 78.8 cm³/mol. The van der Waals surface area contributed by atoms with Crippen molar-refractivity contribution in [2.24, 2.45) is 11.8 Å². The number of nitrogens with zero attached hydrogens (tertiary/aromatic N) is 4. The maximum Gasteiger partial charge on any atom is 0.230 e. The number of halogens is 1. The van der Waals surface area contributed by atoms with Crippen LogP contribution >= 0.6 is 11.6 Å². The molecule has 1 saturated carbocycles. The first-order valence-electron chi connectivity index (χ1n) is 6.81. The molecule has 0 spiro atoms. The van der Waals surface area contributed by atoms with E-state index >= 15 is 0 Å². The molecule has 19 heavy (non-hydrogen) atoms. The molecule has 0 radical (unpaired) electrons. The molecule has 0 bridgehead atoms. The number of rotatable bonds is 3. The molecule has 1 heterocycles. The lowest BCUT2D eigenvalue weighted by atomic mass is 9.80. The van der Waals surface area contributed by atoms with Gasteiger partial charge in [-0.2, -0.15) is 15.0 Å². The molecule has 5 nitrogen and oxygen atoms in total. The zero-order valence-electron chi connectivity index (χ0n) is 12.0. The van der Waals surface area contributed by atoms with Crippen LogP contribution in [0.15, 0.2) is 0 Å². The van der Waals surface area contributed by atoms with Gasteiger partial charge in [0.2, 0.25) is 17.2 Å². The summed E-state index contributed by atoms with van der Waals surface area (Å²) in [7, 11) is 3.78. The summed E-state index contributed by atoms with van der Waals surface area (Å²) >= 11 is 5.94. The Labute approximate surface area is 119 Å². The van der Waals surface area contributed by atoms with Crippen LogP contribution in [-0.2, 0) is 0 Å². The van der Waals surface area contributed by atoms with E-state index in [0.717, 1.165) is 12.3 Å². The van der Waals surface area contributed by atoms with E-state index in [2.05, 4.69) is 34.1 Å². The molecule has 0 amide bonds. The highest BCUT2D eigenvalue weighted by molar-refractivity contribution is 6.28. The lowest BCUT2D eigenvalue weighted by molar-refractivity contribution is 0.276. The molecule has 1 fully saturated rings. The third kappa shape index (κ3) is 3.69. The minimum Gasteiger partial charge on any atom is -0.351 e. The fraction of sp³-hybridized carbons (Fsp3) is 0.769. The van der Waals surface area contributed by atoms with E-state index < -0.39 is 0 Å². The van der Waals surface area contributed by atoms with Gasteiger partial charge in [0.05, 0.1) is 0 Å². The predicted octanol–water partition coefficient (Wildman–Crippen LogP) is 2.83. The van der Waals surface area contributed by atoms with Crippen LogP contribution in [0.4, 0.5) is 11.9 Å². The lowest BCUT2D eigenvalue weighted by Gasteiger charge is -2.33. The van der Waals surface area contributed by atoms with Crippen molar-refractivity contribution in [3.8, 4) is 0 Å². The maximum absolute atomic E-state index is 5.94. The molecule has 1 aliphatic carbocycles. The van der Waals surface area contributed by atoms with E-state index in [4.69, 9.17) is 11.6 Å². The second kappa shape index (κ2) is 5.90. The quantitative estimate of drug-likeness (QED) is 0.924. The zero-order valence-corrected chi connectivity index (χ0v) is 12.8. The summed E-state index contributed by atoms with van der Waals surface area (Å²) in [6, 6.07) is 0.421. The van der Waals surface area contributed by atoms with Crippen LogP contribution < -0.4 is 10.2 Å². The molecular formula is C13H22ClN5. The van der Waals surface area contributed by atoms with Crippen molar-refractivity contribution in [2.45, 2.75) is 39.2 Å². The molecule has 3 unspecified atom stereocenters. The maximum atomic E-state index is 5.94. The number of hydrogen-bond acceptors (Lipinski definition) is 5. The Morgan fingerprint density at radius 3 is 2.53 bits per heavy atom. The van der Waals surface area contributed by atoms with Crippen LogP contribution in [0.2, 0.25) is 5.28 Å². The van der Waals surface area contributed by atoms with Crippen molar-refractivity contribution in [2.75, 3.05) is 24.3 Å². The van der Waals surface area contributed by atoms with Crippen LogP contribution in [0.5, 0.6) is 0 Å². The highest BCUT2D eigenvalue weighted by Gasteiger charge is 2.26. The third-order valence-electron chi connectivity index (χ3n) is 3.74. The fourth-order valence-corrected chi connectivity index (χ4v) is 2.81. The molecule has 1 aromatic rings. The lowest BCUT2D eigenvalue weighted by Crippen LogP contribution is -2.33. The molecule has 6 heteroatoms. The smallest absolute Gasteiger partial charge is 0.230 e. The summed E-state index contributed by atoms with van der Waals surface area (Å²) < 4.78 is 0. The highest BCUT2D eigenvalue weighted by Crippen LogP contribution is 2.30. The van der Waals surface area contributed by atoms with E-state index in [1.165, 1.54) is 12.8 Å². The Hall–Kier alpha value is -1.10. The van der Waals surface area contributed by atoms with Crippen molar-refractivity contribution in [1.82, 2.24) is 15.0 Å². The third-order valence-corrected chi connectivity index (χ3v) is 3.91. The van der Waals surface area contributed by atoms with E-state index in [0.29, 0.717) is 23.9 Å². The molecule has 0 saturated heterocycles. The van der Waals surface area contributed by atoms with Gasteiger partial charge in [-0.3, -0.25) is 0 Å². The monoisotopic (exact) mass is 283 g/mol. The van der Waals surface area contributed by atoms with Gasteiger partial charge in [-0.15, -0.1) is 0 Å². The standard InChI is InChI=1S/C13H22ClN5/c1-8-5-6-10(9(2)7-8)15-12-16-11(14)17-13(18-12)19(3)4/h8-10H,5-7H2,1-4H3,(H,15,16,17,18). The van der Waals surface area contributed by atoms with Gasteiger partial charge in [0, 0.05) is 20.1 Å². The number of nitrogens with one attached hydrogen (secondary N) is 1. The van der Waals surface area contributed by atoms with Gasteiger partial charge in [-0.25, -0.2) is 0 Å². The van der Waals surface area contributed by atoms with Crippen LogP contribution in [0, 0.1) is 11.8 Å². The summed E-state index contributed by atoms with van der Waals surface area (Å²) in [6.07, 6.45) is 3.65. The Kier molecular flexibility index (Phi) is 4.45. The van der Waals surface area contributed by atoms with Crippen LogP contribution in [-0.4, -0.2) is 35.1 Å². The fourth-order valence-electron chi connectivity index (χ4n) is 2.65. The molecule has 0 aromatic carbocycles. The van der Waals surface area contributed by atoms with Crippen molar-refractivity contribution in [1.29, 1.82) is 0 Å². The topological polar surface area (TPSA) is 53.9 Å². The Balaban J connectivity index is 2.10. The van der Waals surface area contributed by atoms with Crippen molar-refractivity contribution in [3.63, 3.8) is 0 Å². The summed E-state index contributed by atoms with van der Waals surface area (Å²) in [5.74, 6) is 2.60. The summed E-state index contributed by atoms with van der Waals surface area (Å²) in [6.45, 7) is 4.60.